The molecule has 17 heavy (non-hydrogen) atoms. The van der Waals surface area contributed by atoms with Crippen LogP contribution in [0.1, 0.15) is 42.0 Å². The van der Waals surface area contributed by atoms with Crippen molar-refractivity contribution in [2.45, 2.75) is 20.8 Å². The van der Waals surface area contributed by atoms with E-state index in [-0.39, 0.29) is 24.2 Å². The minimum absolute atomic E-state index is 0.0534. The Bertz CT molecular complexity index is 396. The lowest BCUT2D eigenvalue weighted by Gasteiger charge is -2.15. The summed E-state index contributed by atoms with van der Waals surface area (Å²) in [6.07, 6.45) is 1.20. The molecule has 0 fully saturated rings. The number of amides is 1. The van der Waals surface area contributed by atoms with Gasteiger partial charge in [-0.2, -0.15) is 0 Å². The minimum atomic E-state index is -0.612. The molecule has 1 aromatic rings. The summed E-state index contributed by atoms with van der Waals surface area (Å²) in [7, 11) is 0. The number of carbonyl (C=O) groups excluding carboxylic acids is 2. The lowest BCUT2D eigenvalue weighted by atomic mass is 10.4. The summed E-state index contributed by atoms with van der Waals surface area (Å²) in [4.78, 5) is 28.5. The van der Waals surface area contributed by atoms with Gasteiger partial charge >= 0.3 is 11.9 Å². The van der Waals surface area contributed by atoms with Gasteiger partial charge in [0.1, 0.15) is 0 Å². The van der Waals surface area contributed by atoms with E-state index < -0.39 is 5.97 Å². The van der Waals surface area contributed by atoms with Crippen molar-refractivity contribution in [3.05, 3.63) is 17.8 Å². The summed E-state index contributed by atoms with van der Waals surface area (Å²) in [5.74, 6) is -1.08. The Morgan fingerprint density at radius 3 is 2.53 bits per heavy atom. The van der Waals surface area contributed by atoms with E-state index in [1.165, 1.54) is 6.20 Å². The van der Waals surface area contributed by atoms with Crippen molar-refractivity contribution in [1.29, 1.82) is 0 Å². The number of nitrogens with zero attached hydrogens (tertiary/aromatic N) is 2. The zero-order chi connectivity index (χ0) is 12.8. The number of ether oxygens (including phenoxy) is 1. The van der Waals surface area contributed by atoms with Gasteiger partial charge in [0.05, 0.1) is 12.8 Å². The van der Waals surface area contributed by atoms with Crippen LogP contribution in [-0.2, 0) is 4.74 Å². The van der Waals surface area contributed by atoms with Crippen molar-refractivity contribution < 1.29 is 18.7 Å². The van der Waals surface area contributed by atoms with E-state index in [9.17, 15) is 9.59 Å². The fourth-order valence-electron chi connectivity index (χ4n) is 1.32. The molecule has 0 saturated carbocycles. The minimum Gasteiger partial charge on any atom is -0.460 e. The van der Waals surface area contributed by atoms with E-state index in [4.69, 9.17) is 9.15 Å². The zero-order valence-electron chi connectivity index (χ0n) is 10.2. The smallest absolute Gasteiger partial charge is 0.375 e. The third-order valence-corrected chi connectivity index (χ3v) is 2.22. The first kappa shape index (κ1) is 13.2. The molecule has 0 bridgehead atoms. The van der Waals surface area contributed by atoms with Crippen molar-refractivity contribution in [2.75, 3.05) is 19.7 Å². The second kappa shape index (κ2) is 6.03. The summed E-state index contributed by atoms with van der Waals surface area (Å²) in [6.45, 7) is 6.78. The van der Waals surface area contributed by atoms with Crippen LogP contribution in [-0.4, -0.2) is 41.5 Å². The second-order valence-corrected chi connectivity index (χ2v) is 3.23. The van der Waals surface area contributed by atoms with Crippen molar-refractivity contribution in [1.82, 2.24) is 9.88 Å². The SMILES string of the molecule is CCOC(=O)c1cnc(C(=O)N(CC)CC)o1. The molecule has 1 amide bonds. The molecule has 0 aliphatic carbocycles. The molecule has 0 spiro atoms. The van der Waals surface area contributed by atoms with Crippen molar-refractivity contribution in [2.24, 2.45) is 0 Å². The average Bonchev–Trinajstić information content (AvgIpc) is 2.80. The number of carbonyl (C=O) groups is 2. The summed E-state index contributed by atoms with van der Waals surface area (Å²) in [5, 5.41) is 0. The van der Waals surface area contributed by atoms with Gasteiger partial charge in [-0.1, -0.05) is 0 Å². The maximum absolute atomic E-state index is 11.8. The highest BCUT2D eigenvalue weighted by Crippen LogP contribution is 2.08. The maximum Gasteiger partial charge on any atom is 0.375 e. The Balaban J connectivity index is 2.80. The monoisotopic (exact) mass is 240 g/mol. The third kappa shape index (κ3) is 3.05. The van der Waals surface area contributed by atoms with Gasteiger partial charge in [0.15, 0.2) is 0 Å². The molecule has 1 heterocycles. The van der Waals surface area contributed by atoms with Crippen LogP contribution in [0.25, 0.3) is 0 Å². The normalized spacial score (nSPS) is 10.1. The molecule has 0 radical (unpaired) electrons. The molecule has 0 aromatic carbocycles. The Labute approximate surface area is 99.6 Å². The van der Waals surface area contributed by atoms with E-state index in [1.807, 2.05) is 13.8 Å². The third-order valence-electron chi connectivity index (χ3n) is 2.22. The van der Waals surface area contributed by atoms with Crippen LogP contribution in [0.4, 0.5) is 0 Å². The van der Waals surface area contributed by atoms with Gasteiger partial charge in [0, 0.05) is 13.1 Å². The van der Waals surface area contributed by atoms with Crippen LogP contribution in [0, 0.1) is 0 Å². The fourth-order valence-corrected chi connectivity index (χ4v) is 1.32. The van der Waals surface area contributed by atoms with E-state index in [2.05, 4.69) is 4.98 Å². The van der Waals surface area contributed by atoms with Crippen LogP contribution in [0.3, 0.4) is 0 Å². The Morgan fingerprint density at radius 2 is 2.00 bits per heavy atom. The van der Waals surface area contributed by atoms with E-state index in [0.29, 0.717) is 13.1 Å². The Hall–Kier alpha value is -1.85. The number of aromatic nitrogens is 1. The number of oxazole rings is 1. The molecule has 94 valence electrons. The molecule has 0 atom stereocenters. The van der Waals surface area contributed by atoms with Gasteiger partial charge in [-0.05, 0) is 20.8 Å². The van der Waals surface area contributed by atoms with Gasteiger partial charge in [0.25, 0.3) is 5.89 Å². The van der Waals surface area contributed by atoms with Crippen molar-refractivity contribution >= 4 is 11.9 Å². The summed E-state index contributed by atoms with van der Waals surface area (Å²) < 4.78 is 9.80. The highest BCUT2D eigenvalue weighted by Gasteiger charge is 2.21. The van der Waals surface area contributed by atoms with Gasteiger partial charge in [-0.3, -0.25) is 4.79 Å². The first-order valence-corrected chi connectivity index (χ1v) is 5.56. The highest BCUT2D eigenvalue weighted by molar-refractivity contribution is 5.91. The van der Waals surface area contributed by atoms with Crippen LogP contribution in [0.2, 0.25) is 0 Å². The molecule has 0 aliphatic heterocycles. The first-order chi connectivity index (χ1) is 8.13. The van der Waals surface area contributed by atoms with Gasteiger partial charge in [0.2, 0.25) is 5.76 Å². The molecule has 6 nitrogen and oxygen atoms in total. The molecule has 6 heteroatoms. The average molecular weight is 240 g/mol. The topological polar surface area (TPSA) is 72.6 Å². The maximum atomic E-state index is 11.8. The fraction of sp³-hybridized carbons (Fsp3) is 0.545. The zero-order valence-corrected chi connectivity index (χ0v) is 10.2. The number of esters is 1. The molecule has 0 aliphatic rings. The molecule has 0 N–H and O–H groups in total. The molecule has 0 unspecified atom stereocenters. The molecule has 1 rings (SSSR count). The molecule has 1 aromatic heterocycles. The van der Waals surface area contributed by atoms with Gasteiger partial charge in [-0.25, -0.2) is 9.78 Å². The predicted molar refractivity (Wildman–Crippen MR) is 59.7 cm³/mol. The molecular weight excluding hydrogens is 224 g/mol. The molecular formula is C11H16N2O4. The summed E-state index contributed by atoms with van der Waals surface area (Å²) in [5.41, 5.74) is 0. The first-order valence-electron chi connectivity index (χ1n) is 5.56. The lowest BCUT2D eigenvalue weighted by molar-refractivity contribution is 0.0486. The van der Waals surface area contributed by atoms with Crippen LogP contribution >= 0.6 is 0 Å². The summed E-state index contributed by atoms with van der Waals surface area (Å²) >= 11 is 0. The van der Waals surface area contributed by atoms with E-state index in [1.54, 1.807) is 11.8 Å². The predicted octanol–water partition coefficient (Wildman–Crippen LogP) is 1.33. The second-order valence-electron chi connectivity index (χ2n) is 3.23. The Kier molecular flexibility index (Phi) is 4.68. The van der Waals surface area contributed by atoms with E-state index in [0.717, 1.165) is 0 Å². The largest absolute Gasteiger partial charge is 0.460 e. The van der Waals surface area contributed by atoms with Crippen LogP contribution < -0.4 is 0 Å². The highest BCUT2D eigenvalue weighted by atomic mass is 16.5. The van der Waals surface area contributed by atoms with Crippen LogP contribution in [0.5, 0.6) is 0 Å². The quantitative estimate of drug-likeness (QED) is 0.726. The van der Waals surface area contributed by atoms with Crippen LogP contribution in [0.15, 0.2) is 10.6 Å². The summed E-state index contributed by atoms with van der Waals surface area (Å²) in [6, 6.07) is 0. The van der Waals surface area contributed by atoms with Gasteiger partial charge in [-0.15, -0.1) is 0 Å². The number of hydrogen-bond donors (Lipinski definition) is 0. The standard InChI is InChI=1S/C11H16N2O4/c1-4-13(5-2)10(14)9-12-7-8(17-9)11(15)16-6-3/h7H,4-6H2,1-3H3. The lowest BCUT2D eigenvalue weighted by Crippen LogP contribution is -2.30. The molecule has 0 saturated heterocycles. The number of hydrogen-bond acceptors (Lipinski definition) is 5. The van der Waals surface area contributed by atoms with Crippen molar-refractivity contribution in [3.8, 4) is 0 Å². The Morgan fingerprint density at radius 1 is 1.35 bits per heavy atom. The van der Waals surface area contributed by atoms with Crippen molar-refractivity contribution in [3.63, 3.8) is 0 Å². The van der Waals surface area contributed by atoms with E-state index >= 15 is 0 Å². The van der Waals surface area contributed by atoms with Gasteiger partial charge < -0.3 is 14.1 Å². The number of rotatable bonds is 5.